The van der Waals surface area contributed by atoms with Gasteiger partial charge in [-0.15, -0.1) is 0 Å². The molecule has 0 aromatic heterocycles. The molecule has 0 spiro atoms. The maximum atomic E-state index is 4.31. The van der Waals surface area contributed by atoms with Crippen molar-refractivity contribution < 1.29 is 0 Å². The molecule has 0 aliphatic heterocycles. The highest BCUT2D eigenvalue weighted by molar-refractivity contribution is 5.73. The summed E-state index contributed by atoms with van der Waals surface area (Å²) in [5.41, 5.74) is 7.40. The molecule has 1 heteroatoms. The minimum Gasteiger partial charge on any atom is -0.344 e. The molecule has 0 aliphatic carbocycles. The Labute approximate surface area is 248 Å². The largest absolute Gasteiger partial charge is 0.344 e. The third-order valence-corrected chi connectivity index (χ3v) is 6.51. The van der Waals surface area contributed by atoms with Crippen molar-refractivity contribution in [1.29, 1.82) is 0 Å². The summed E-state index contributed by atoms with van der Waals surface area (Å²) in [4.78, 5) is 2.43. The lowest BCUT2D eigenvalue weighted by Gasteiger charge is -2.44. The monoisotopic (exact) mass is 542 g/mol. The third-order valence-electron chi connectivity index (χ3n) is 6.51. The van der Waals surface area contributed by atoms with Crippen molar-refractivity contribution in [1.82, 2.24) is 4.90 Å². The summed E-state index contributed by atoms with van der Waals surface area (Å²) < 4.78 is 0. The average molecular weight is 542 g/mol. The molecule has 0 amide bonds. The predicted molar refractivity (Wildman–Crippen MR) is 187 cm³/mol. The van der Waals surface area contributed by atoms with E-state index < -0.39 is 0 Å². The Morgan fingerprint density at radius 2 is 1.26 bits per heavy atom. The Balaban J connectivity index is -0.000000537. The molecule has 1 aromatic carbocycles. The van der Waals surface area contributed by atoms with Gasteiger partial charge in [0.15, 0.2) is 0 Å². The van der Waals surface area contributed by atoms with E-state index in [1.807, 2.05) is 41.5 Å². The van der Waals surface area contributed by atoms with E-state index >= 15 is 0 Å². The minimum absolute atomic E-state index is 0.0951. The Kier molecular flexibility index (Phi) is 28.2. The van der Waals surface area contributed by atoms with E-state index in [2.05, 4.69) is 131 Å². The van der Waals surface area contributed by atoms with Crippen molar-refractivity contribution in [2.45, 2.75) is 161 Å². The molecule has 0 saturated heterocycles. The SMILES string of the molecule is C=C(/C=C\C(C)=C(/C)N(C(=C)C)[C@](C)(CC)CCC)c1cccc(C(C)(C)C)c1.CC.CC.CC.CCCC. The van der Waals surface area contributed by atoms with Crippen LogP contribution in [0.15, 0.2) is 66.5 Å². The zero-order valence-corrected chi connectivity index (χ0v) is 29.9. The second kappa shape index (κ2) is 25.0. The predicted octanol–water partition coefficient (Wildman–Crippen LogP) is 13.5. The maximum Gasteiger partial charge on any atom is 0.0414 e. The lowest BCUT2D eigenvalue weighted by Crippen LogP contribution is -2.43. The molecular formula is C38H71N. The van der Waals surface area contributed by atoms with Gasteiger partial charge >= 0.3 is 0 Å². The molecule has 0 fully saturated rings. The van der Waals surface area contributed by atoms with Crippen molar-refractivity contribution in [2.24, 2.45) is 0 Å². The molecule has 228 valence electrons. The third kappa shape index (κ3) is 17.3. The van der Waals surface area contributed by atoms with Crippen molar-refractivity contribution >= 4 is 5.57 Å². The first-order chi connectivity index (χ1) is 18.3. The minimum atomic E-state index is 0.0951. The zero-order chi connectivity index (χ0) is 31.8. The van der Waals surface area contributed by atoms with Gasteiger partial charge in [0.2, 0.25) is 0 Å². The molecule has 1 rings (SSSR count). The summed E-state index contributed by atoms with van der Waals surface area (Å²) >= 11 is 0. The summed E-state index contributed by atoms with van der Waals surface area (Å²) in [5, 5.41) is 0. The molecular weight excluding hydrogens is 470 g/mol. The number of unbranched alkanes of at least 4 members (excludes halogenated alkanes) is 1. The zero-order valence-electron chi connectivity index (χ0n) is 29.9. The summed E-state index contributed by atoms with van der Waals surface area (Å²) in [7, 11) is 0. The van der Waals surface area contributed by atoms with Gasteiger partial charge in [-0.3, -0.25) is 0 Å². The first-order valence-corrected chi connectivity index (χ1v) is 15.9. The molecule has 0 radical (unpaired) electrons. The van der Waals surface area contributed by atoms with Crippen LogP contribution < -0.4 is 0 Å². The molecule has 0 bridgehead atoms. The molecule has 0 N–H and O–H groups in total. The maximum absolute atomic E-state index is 4.31. The Hall–Kier alpha value is -2.02. The van der Waals surface area contributed by atoms with Crippen molar-refractivity contribution in [3.63, 3.8) is 0 Å². The average Bonchev–Trinajstić information content (AvgIpc) is 2.94. The fourth-order valence-corrected chi connectivity index (χ4v) is 3.94. The van der Waals surface area contributed by atoms with Gasteiger partial charge in [-0.25, -0.2) is 0 Å². The van der Waals surface area contributed by atoms with Crippen LogP contribution >= 0.6 is 0 Å². The van der Waals surface area contributed by atoms with Crippen LogP contribution in [0.4, 0.5) is 0 Å². The smallest absolute Gasteiger partial charge is 0.0414 e. The molecule has 1 nitrogen and oxygen atoms in total. The van der Waals surface area contributed by atoms with Crippen LogP contribution in [0.2, 0.25) is 0 Å². The Morgan fingerprint density at radius 1 is 0.769 bits per heavy atom. The van der Waals surface area contributed by atoms with Gasteiger partial charge in [0.1, 0.15) is 0 Å². The number of rotatable bonds is 10. The second-order valence-electron chi connectivity index (χ2n) is 10.6. The van der Waals surface area contributed by atoms with Crippen LogP contribution in [0.1, 0.15) is 161 Å². The van der Waals surface area contributed by atoms with Crippen molar-refractivity contribution in [2.75, 3.05) is 0 Å². The summed E-state index contributed by atoms with van der Waals surface area (Å²) in [6, 6.07) is 8.72. The number of hydrogen-bond donors (Lipinski definition) is 0. The van der Waals surface area contributed by atoms with Gasteiger partial charge in [-0.05, 0) is 68.2 Å². The van der Waals surface area contributed by atoms with E-state index in [4.69, 9.17) is 0 Å². The van der Waals surface area contributed by atoms with Crippen LogP contribution in [0.5, 0.6) is 0 Å². The van der Waals surface area contributed by atoms with Gasteiger partial charge in [0, 0.05) is 16.9 Å². The van der Waals surface area contributed by atoms with Crippen LogP contribution in [-0.4, -0.2) is 10.4 Å². The lowest BCUT2D eigenvalue weighted by molar-refractivity contribution is 0.169. The van der Waals surface area contributed by atoms with E-state index in [-0.39, 0.29) is 11.0 Å². The fraction of sp³-hybridized carbons (Fsp3) is 0.632. The molecule has 0 aliphatic rings. The van der Waals surface area contributed by atoms with E-state index in [1.165, 1.54) is 35.2 Å². The molecule has 0 heterocycles. The molecule has 1 aromatic rings. The van der Waals surface area contributed by atoms with E-state index in [0.29, 0.717) is 0 Å². The van der Waals surface area contributed by atoms with Gasteiger partial charge in [-0.1, -0.05) is 159 Å². The summed E-state index contributed by atoms with van der Waals surface area (Å²) in [5.74, 6) is 0. The molecule has 39 heavy (non-hydrogen) atoms. The number of benzene rings is 1. The van der Waals surface area contributed by atoms with Gasteiger partial charge in [0.25, 0.3) is 0 Å². The van der Waals surface area contributed by atoms with Crippen LogP contribution in [0.3, 0.4) is 0 Å². The second-order valence-corrected chi connectivity index (χ2v) is 10.6. The van der Waals surface area contributed by atoms with Crippen LogP contribution in [0, 0.1) is 0 Å². The number of hydrogen-bond acceptors (Lipinski definition) is 1. The highest BCUT2D eigenvalue weighted by atomic mass is 15.2. The lowest BCUT2D eigenvalue weighted by atomic mass is 9.85. The summed E-state index contributed by atoms with van der Waals surface area (Å²) in [6.45, 7) is 45.1. The van der Waals surface area contributed by atoms with Gasteiger partial charge in [0.05, 0.1) is 0 Å². The topological polar surface area (TPSA) is 3.24 Å². The van der Waals surface area contributed by atoms with Crippen LogP contribution in [0.25, 0.3) is 5.57 Å². The van der Waals surface area contributed by atoms with Gasteiger partial charge in [-0.2, -0.15) is 0 Å². The number of nitrogens with zero attached hydrogens (tertiary/aromatic N) is 1. The first-order valence-electron chi connectivity index (χ1n) is 15.9. The normalized spacial score (nSPS) is 12.4. The van der Waals surface area contributed by atoms with Crippen molar-refractivity contribution in [3.05, 3.63) is 77.7 Å². The van der Waals surface area contributed by atoms with E-state index in [1.54, 1.807) is 0 Å². The highest BCUT2D eigenvalue weighted by Gasteiger charge is 2.30. The van der Waals surface area contributed by atoms with E-state index in [0.717, 1.165) is 30.5 Å². The standard InChI is InChI=1S/C28H43N.C4H10.3C2H6/c1-12-19-28(11,13-2)29(21(3)4)24(7)22(5)17-18-23(6)25-15-14-16-26(20-25)27(8,9)10;1-3-4-2;3*1-2/h14-18,20H,3,6,12-13,19H2,1-2,4-5,7-11H3;3-4H2,1-2H3;3*1-2H3/b18-17-,24-22+;;;;/t28-;;;;/m1..../s1. The van der Waals surface area contributed by atoms with Gasteiger partial charge < -0.3 is 4.90 Å². The summed E-state index contributed by atoms with van der Waals surface area (Å²) in [6.07, 6.45) is 10.4. The Bertz CT molecular complexity index is 813. The quantitative estimate of drug-likeness (QED) is 0.266. The first kappa shape index (κ1) is 44.0. The highest BCUT2D eigenvalue weighted by Crippen LogP contribution is 2.33. The Morgan fingerprint density at radius 3 is 1.62 bits per heavy atom. The fourth-order valence-electron chi connectivity index (χ4n) is 3.94. The van der Waals surface area contributed by atoms with E-state index in [9.17, 15) is 0 Å². The van der Waals surface area contributed by atoms with Crippen molar-refractivity contribution in [3.8, 4) is 0 Å². The number of allylic oxidation sites excluding steroid dienone is 6. The molecule has 0 saturated carbocycles. The molecule has 1 atom stereocenters. The molecule has 0 unspecified atom stereocenters. The van der Waals surface area contributed by atoms with Crippen LogP contribution in [-0.2, 0) is 5.41 Å².